The molecular formula is C26H26N4OS2. The molecule has 0 spiro atoms. The van der Waals surface area contributed by atoms with Crippen LogP contribution in [0.4, 0.5) is 5.69 Å². The van der Waals surface area contributed by atoms with Gasteiger partial charge in [0.1, 0.15) is 0 Å². The number of para-hydroxylation sites is 1. The number of amides is 1. The van der Waals surface area contributed by atoms with Crippen LogP contribution in [-0.4, -0.2) is 26.4 Å². The van der Waals surface area contributed by atoms with Crippen LogP contribution in [0.1, 0.15) is 16.0 Å². The summed E-state index contributed by atoms with van der Waals surface area (Å²) in [6.45, 7) is 10.7. The van der Waals surface area contributed by atoms with Crippen molar-refractivity contribution in [2.24, 2.45) is 0 Å². The van der Waals surface area contributed by atoms with Crippen LogP contribution in [0.25, 0.3) is 22.5 Å². The molecule has 0 aliphatic heterocycles. The van der Waals surface area contributed by atoms with Gasteiger partial charge in [-0.05, 0) is 38.0 Å². The van der Waals surface area contributed by atoms with Gasteiger partial charge >= 0.3 is 0 Å². The molecule has 0 fully saturated rings. The van der Waals surface area contributed by atoms with Crippen LogP contribution in [0, 0.1) is 20.8 Å². The number of carbonyl (C=O) groups is 1. The lowest BCUT2D eigenvalue weighted by Gasteiger charge is -2.10. The van der Waals surface area contributed by atoms with Gasteiger partial charge in [-0.2, -0.15) is 0 Å². The smallest absolute Gasteiger partial charge is 0.234 e. The molecule has 2 heterocycles. The van der Waals surface area contributed by atoms with E-state index in [1.54, 1.807) is 11.3 Å². The van der Waals surface area contributed by atoms with Crippen LogP contribution in [0.2, 0.25) is 0 Å². The number of carbonyl (C=O) groups excluding carboxylic acids is 1. The van der Waals surface area contributed by atoms with Gasteiger partial charge in [-0.3, -0.25) is 9.36 Å². The highest BCUT2D eigenvalue weighted by Gasteiger charge is 2.20. The average Bonchev–Trinajstić information content (AvgIpc) is 3.38. The van der Waals surface area contributed by atoms with E-state index in [0.29, 0.717) is 11.7 Å². The van der Waals surface area contributed by atoms with E-state index in [1.165, 1.54) is 27.8 Å². The predicted octanol–water partition coefficient (Wildman–Crippen LogP) is 6.52. The van der Waals surface area contributed by atoms with E-state index in [1.807, 2.05) is 41.8 Å². The Balaban J connectivity index is 1.59. The van der Waals surface area contributed by atoms with E-state index < -0.39 is 0 Å². The minimum atomic E-state index is -0.0734. The second-order valence-corrected chi connectivity index (χ2v) is 9.83. The molecule has 0 saturated heterocycles. The van der Waals surface area contributed by atoms with Crippen LogP contribution >= 0.6 is 23.1 Å². The molecular weight excluding hydrogens is 448 g/mol. The van der Waals surface area contributed by atoms with Crippen molar-refractivity contribution < 1.29 is 4.79 Å². The number of hydrogen-bond acceptors (Lipinski definition) is 5. The monoisotopic (exact) mass is 474 g/mol. The Morgan fingerprint density at radius 3 is 2.61 bits per heavy atom. The van der Waals surface area contributed by atoms with Gasteiger partial charge in [-0.15, -0.1) is 28.1 Å². The van der Waals surface area contributed by atoms with Gasteiger partial charge in [0, 0.05) is 33.6 Å². The molecule has 4 rings (SSSR count). The van der Waals surface area contributed by atoms with E-state index >= 15 is 0 Å². The quantitative estimate of drug-likeness (QED) is 0.233. The molecule has 0 saturated carbocycles. The molecule has 2 aromatic heterocycles. The zero-order chi connectivity index (χ0) is 23.4. The SMILES string of the molecule is C=CCn1c(SCC(=O)Nc2ccccc2C)nnc1-c1csc(C)c1-c1ccc(C)cc1. The Labute approximate surface area is 202 Å². The lowest BCUT2D eigenvalue weighted by atomic mass is 10.0. The summed E-state index contributed by atoms with van der Waals surface area (Å²) >= 11 is 3.08. The molecule has 0 atom stereocenters. The first-order valence-corrected chi connectivity index (χ1v) is 12.5. The second kappa shape index (κ2) is 10.2. The Hall–Kier alpha value is -3.16. The zero-order valence-electron chi connectivity index (χ0n) is 19.0. The lowest BCUT2D eigenvalue weighted by molar-refractivity contribution is -0.113. The molecule has 0 aliphatic rings. The van der Waals surface area contributed by atoms with E-state index in [2.05, 4.69) is 65.6 Å². The van der Waals surface area contributed by atoms with Gasteiger partial charge < -0.3 is 5.32 Å². The largest absolute Gasteiger partial charge is 0.325 e. The number of nitrogens with zero attached hydrogens (tertiary/aromatic N) is 3. The number of thiophene rings is 1. The molecule has 168 valence electrons. The fourth-order valence-corrected chi connectivity index (χ4v) is 5.23. The third-order valence-corrected chi connectivity index (χ3v) is 7.21. The number of nitrogens with one attached hydrogen (secondary N) is 1. The first-order valence-electron chi connectivity index (χ1n) is 10.7. The van der Waals surface area contributed by atoms with Crippen molar-refractivity contribution in [2.75, 3.05) is 11.1 Å². The Morgan fingerprint density at radius 1 is 1.12 bits per heavy atom. The van der Waals surface area contributed by atoms with Crippen molar-refractivity contribution in [1.29, 1.82) is 0 Å². The summed E-state index contributed by atoms with van der Waals surface area (Å²) in [7, 11) is 0. The molecule has 0 unspecified atom stereocenters. The molecule has 1 N–H and O–H groups in total. The minimum Gasteiger partial charge on any atom is -0.325 e. The number of hydrogen-bond donors (Lipinski definition) is 1. The predicted molar refractivity (Wildman–Crippen MR) is 139 cm³/mol. The summed E-state index contributed by atoms with van der Waals surface area (Å²) in [6, 6.07) is 16.3. The average molecular weight is 475 g/mol. The Bertz CT molecular complexity index is 1290. The molecule has 1 amide bonds. The molecule has 7 heteroatoms. The standard InChI is InChI=1S/C26H26N4OS2/c1-5-14-30-25(21-15-32-19(4)24(21)20-12-10-17(2)11-13-20)28-29-26(30)33-16-23(31)27-22-9-7-6-8-18(22)3/h5-13,15H,1,14,16H2,2-4H3,(H,27,31). The molecule has 0 bridgehead atoms. The lowest BCUT2D eigenvalue weighted by Crippen LogP contribution is -2.15. The van der Waals surface area contributed by atoms with Crippen molar-refractivity contribution in [1.82, 2.24) is 14.8 Å². The first-order chi connectivity index (χ1) is 16.0. The van der Waals surface area contributed by atoms with Crippen LogP contribution in [0.3, 0.4) is 0 Å². The highest BCUT2D eigenvalue weighted by Crippen LogP contribution is 2.39. The highest BCUT2D eigenvalue weighted by atomic mass is 32.2. The topological polar surface area (TPSA) is 59.8 Å². The fourth-order valence-electron chi connectivity index (χ4n) is 3.62. The van der Waals surface area contributed by atoms with Gasteiger partial charge in [0.15, 0.2) is 11.0 Å². The zero-order valence-corrected chi connectivity index (χ0v) is 20.6. The van der Waals surface area contributed by atoms with E-state index in [4.69, 9.17) is 0 Å². The van der Waals surface area contributed by atoms with Crippen LogP contribution in [-0.2, 0) is 11.3 Å². The van der Waals surface area contributed by atoms with Crippen LogP contribution in [0.15, 0.2) is 71.7 Å². The van der Waals surface area contributed by atoms with Crippen molar-refractivity contribution in [2.45, 2.75) is 32.5 Å². The van der Waals surface area contributed by atoms with Crippen molar-refractivity contribution >= 4 is 34.7 Å². The van der Waals surface area contributed by atoms with Crippen molar-refractivity contribution in [3.8, 4) is 22.5 Å². The molecule has 0 aliphatic carbocycles. The fraction of sp³-hybridized carbons (Fsp3) is 0.192. The summed E-state index contributed by atoms with van der Waals surface area (Å²) < 4.78 is 2.03. The number of thioether (sulfide) groups is 1. The first kappa shape index (κ1) is 23.0. The summed E-state index contributed by atoms with van der Waals surface area (Å²) in [5, 5.41) is 14.7. The molecule has 4 aromatic rings. The summed E-state index contributed by atoms with van der Waals surface area (Å²) in [6.07, 6.45) is 1.83. The van der Waals surface area contributed by atoms with Crippen molar-refractivity contribution in [3.63, 3.8) is 0 Å². The van der Waals surface area contributed by atoms with Gasteiger partial charge in [0.25, 0.3) is 0 Å². The number of anilines is 1. The number of aryl methyl sites for hydroxylation is 3. The Kier molecular flexibility index (Phi) is 7.11. The highest BCUT2D eigenvalue weighted by molar-refractivity contribution is 7.99. The van der Waals surface area contributed by atoms with Gasteiger partial charge in [0.2, 0.25) is 5.91 Å². The number of benzene rings is 2. The molecule has 5 nitrogen and oxygen atoms in total. The maximum Gasteiger partial charge on any atom is 0.234 e. The maximum absolute atomic E-state index is 12.5. The van der Waals surface area contributed by atoms with Gasteiger partial charge in [-0.25, -0.2) is 0 Å². The molecule has 33 heavy (non-hydrogen) atoms. The summed E-state index contributed by atoms with van der Waals surface area (Å²) in [5.41, 5.74) is 6.47. The number of allylic oxidation sites excluding steroid dienone is 1. The number of aromatic nitrogens is 3. The van der Waals surface area contributed by atoms with Gasteiger partial charge in [-0.1, -0.05) is 65.9 Å². The third kappa shape index (κ3) is 5.10. The second-order valence-electron chi connectivity index (χ2n) is 7.80. The molecule has 0 radical (unpaired) electrons. The molecule has 2 aromatic carbocycles. The third-order valence-electron chi connectivity index (χ3n) is 5.34. The number of rotatable bonds is 8. The van der Waals surface area contributed by atoms with E-state index in [-0.39, 0.29) is 11.7 Å². The van der Waals surface area contributed by atoms with Crippen LogP contribution < -0.4 is 5.32 Å². The van der Waals surface area contributed by atoms with Crippen molar-refractivity contribution in [3.05, 3.63) is 82.6 Å². The minimum absolute atomic E-state index is 0.0734. The van der Waals surface area contributed by atoms with E-state index in [9.17, 15) is 4.79 Å². The van der Waals surface area contributed by atoms with Gasteiger partial charge in [0.05, 0.1) is 5.75 Å². The maximum atomic E-state index is 12.5. The normalized spacial score (nSPS) is 10.9. The Morgan fingerprint density at radius 2 is 1.88 bits per heavy atom. The summed E-state index contributed by atoms with van der Waals surface area (Å²) in [5.74, 6) is 0.962. The summed E-state index contributed by atoms with van der Waals surface area (Å²) in [4.78, 5) is 13.8. The van der Waals surface area contributed by atoms with E-state index in [0.717, 1.165) is 28.2 Å². The van der Waals surface area contributed by atoms with Crippen LogP contribution in [0.5, 0.6) is 0 Å².